The Balaban J connectivity index is 1.56. The van der Waals surface area contributed by atoms with Crippen LogP contribution in [0.2, 0.25) is 0 Å². The number of nitrogens with zero attached hydrogens (tertiary/aromatic N) is 2. The number of imide groups is 1. The summed E-state index contributed by atoms with van der Waals surface area (Å²) in [5.41, 5.74) is 1.07. The number of hydrogen-bond acceptors (Lipinski definition) is 6. The molecule has 1 atom stereocenters. The van der Waals surface area contributed by atoms with Crippen LogP contribution in [-0.2, 0) is 16.9 Å². The van der Waals surface area contributed by atoms with Gasteiger partial charge < -0.3 is 14.8 Å². The van der Waals surface area contributed by atoms with Gasteiger partial charge in [0.25, 0.3) is 5.91 Å². The highest BCUT2D eigenvalue weighted by atomic mass is 32.1. The quantitative estimate of drug-likeness (QED) is 0.610. The van der Waals surface area contributed by atoms with E-state index < -0.39 is 11.6 Å². The number of benzene rings is 2. The van der Waals surface area contributed by atoms with Crippen molar-refractivity contribution < 1.29 is 19.1 Å². The molecule has 0 saturated carbocycles. The third-order valence-electron chi connectivity index (χ3n) is 5.15. The first-order valence-corrected chi connectivity index (χ1v) is 10.2. The van der Waals surface area contributed by atoms with Gasteiger partial charge in [0.2, 0.25) is 0 Å². The van der Waals surface area contributed by atoms with Crippen LogP contribution in [0.5, 0.6) is 11.5 Å². The average Bonchev–Trinajstić information content (AvgIpc) is 3.33. The van der Waals surface area contributed by atoms with Crippen LogP contribution in [0.1, 0.15) is 18.2 Å². The van der Waals surface area contributed by atoms with Crippen molar-refractivity contribution in [2.75, 3.05) is 14.2 Å². The molecule has 0 radical (unpaired) electrons. The molecule has 1 unspecified atom stereocenters. The number of ether oxygens (including phenoxy) is 2. The predicted octanol–water partition coefficient (Wildman–Crippen LogP) is 3.79. The lowest BCUT2D eigenvalue weighted by Crippen LogP contribution is -2.40. The molecule has 30 heavy (non-hydrogen) atoms. The van der Waals surface area contributed by atoms with Gasteiger partial charge in [-0.25, -0.2) is 9.78 Å². The van der Waals surface area contributed by atoms with Gasteiger partial charge in [0.1, 0.15) is 22.0 Å². The van der Waals surface area contributed by atoms with Gasteiger partial charge in [-0.2, -0.15) is 0 Å². The molecule has 4 rings (SSSR count). The number of amides is 3. The topological polar surface area (TPSA) is 80.8 Å². The summed E-state index contributed by atoms with van der Waals surface area (Å²) in [5.74, 6) is 1.09. The third-order valence-corrected chi connectivity index (χ3v) is 6.08. The molecule has 0 spiro atoms. The first-order valence-electron chi connectivity index (χ1n) is 9.32. The highest BCUT2D eigenvalue weighted by molar-refractivity contribution is 7.13. The van der Waals surface area contributed by atoms with Crippen LogP contribution in [0.3, 0.4) is 0 Å². The summed E-state index contributed by atoms with van der Waals surface area (Å²) in [5, 5.41) is 5.44. The van der Waals surface area contributed by atoms with E-state index in [0.29, 0.717) is 17.0 Å². The number of urea groups is 1. The minimum absolute atomic E-state index is 0.0993. The van der Waals surface area contributed by atoms with E-state index in [2.05, 4.69) is 10.3 Å². The summed E-state index contributed by atoms with van der Waals surface area (Å²) in [6.07, 6.45) is 0. The summed E-state index contributed by atoms with van der Waals surface area (Å²) < 4.78 is 10.6. The maximum absolute atomic E-state index is 13.1. The Morgan fingerprint density at radius 3 is 2.50 bits per heavy atom. The molecule has 1 aromatic heterocycles. The summed E-state index contributed by atoms with van der Waals surface area (Å²) in [6, 6.07) is 14.3. The zero-order valence-electron chi connectivity index (χ0n) is 16.8. The van der Waals surface area contributed by atoms with Gasteiger partial charge in [-0.15, -0.1) is 11.3 Å². The van der Waals surface area contributed by atoms with Crippen molar-refractivity contribution in [3.63, 3.8) is 0 Å². The van der Waals surface area contributed by atoms with E-state index in [0.717, 1.165) is 16.3 Å². The van der Waals surface area contributed by atoms with Crippen LogP contribution in [-0.4, -0.2) is 36.0 Å². The summed E-state index contributed by atoms with van der Waals surface area (Å²) in [7, 11) is 3.19. The van der Waals surface area contributed by atoms with Crippen LogP contribution in [0.4, 0.5) is 4.79 Å². The van der Waals surface area contributed by atoms with E-state index in [-0.39, 0.29) is 12.5 Å². The normalized spacial score (nSPS) is 18.4. The number of rotatable bonds is 6. The number of para-hydroxylation sites is 1. The SMILES string of the molecule is COc1ccc(C2(C)NC(=O)N(Cc3csc(-c4ccccc4OC)n3)C2=O)cc1. The Morgan fingerprint density at radius 1 is 1.07 bits per heavy atom. The lowest BCUT2D eigenvalue weighted by atomic mass is 9.92. The molecule has 7 nitrogen and oxygen atoms in total. The molecule has 3 aromatic rings. The molecule has 0 aliphatic carbocycles. The van der Waals surface area contributed by atoms with Gasteiger partial charge in [0.15, 0.2) is 0 Å². The van der Waals surface area contributed by atoms with Crippen LogP contribution >= 0.6 is 11.3 Å². The van der Waals surface area contributed by atoms with E-state index in [9.17, 15) is 9.59 Å². The molecule has 1 aliphatic rings. The van der Waals surface area contributed by atoms with E-state index in [4.69, 9.17) is 9.47 Å². The monoisotopic (exact) mass is 423 g/mol. The van der Waals surface area contributed by atoms with Crippen molar-refractivity contribution in [2.24, 2.45) is 0 Å². The van der Waals surface area contributed by atoms with Gasteiger partial charge in [0, 0.05) is 5.38 Å². The van der Waals surface area contributed by atoms with Gasteiger partial charge in [-0.3, -0.25) is 9.69 Å². The Bertz CT molecular complexity index is 1100. The molecule has 8 heteroatoms. The average molecular weight is 423 g/mol. The third kappa shape index (κ3) is 3.39. The van der Waals surface area contributed by atoms with E-state index in [1.165, 1.54) is 16.2 Å². The standard InChI is InChI=1S/C22H21N3O4S/c1-22(14-8-10-16(28-2)11-9-14)20(26)25(21(27)24-22)12-15-13-30-19(23-15)17-6-4-5-7-18(17)29-3/h4-11,13H,12H2,1-3H3,(H,24,27). The summed E-state index contributed by atoms with van der Waals surface area (Å²) in [4.78, 5) is 31.6. The maximum atomic E-state index is 13.1. The Labute approximate surface area is 178 Å². The smallest absolute Gasteiger partial charge is 0.325 e. The van der Waals surface area contributed by atoms with E-state index in [1.54, 1.807) is 45.4 Å². The van der Waals surface area contributed by atoms with Gasteiger partial charge in [-0.1, -0.05) is 24.3 Å². The maximum Gasteiger partial charge on any atom is 0.325 e. The summed E-state index contributed by atoms with van der Waals surface area (Å²) >= 11 is 1.44. The minimum Gasteiger partial charge on any atom is -0.497 e. The number of hydrogen-bond donors (Lipinski definition) is 1. The molecule has 1 aliphatic heterocycles. The summed E-state index contributed by atoms with van der Waals surface area (Å²) in [6.45, 7) is 1.80. The van der Waals surface area contributed by atoms with Crippen LogP contribution in [0, 0.1) is 0 Å². The molecular formula is C22H21N3O4S. The molecule has 2 aromatic carbocycles. The van der Waals surface area contributed by atoms with Crippen molar-refractivity contribution in [1.29, 1.82) is 0 Å². The number of carbonyl (C=O) groups is 2. The minimum atomic E-state index is -1.13. The molecule has 2 heterocycles. The van der Waals surface area contributed by atoms with Crippen LogP contribution in [0.15, 0.2) is 53.9 Å². The van der Waals surface area contributed by atoms with Crippen molar-refractivity contribution in [3.8, 4) is 22.1 Å². The molecule has 1 N–H and O–H groups in total. The predicted molar refractivity (Wildman–Crippen MR) is 114 cm³/mol. The van der Waals surface area contributed by atoms with Gasteiger partial charge in [-0.05, 0) is 36.8 Å². The van der Waals surface area contributed by atoms with Crippen LogP contribution < -0.4 is 14.8 Å². The Kier molecular flexibility index (Phi) is 5.17. The number of carbonyl (C=O) groups excluding carboxylic acids is 2. The largest absolute Gasteiger partial charge is 0.497 e. The first-order chi connectivity index (χ1) is 14.5. The Morgan fingerprint density at radius 2 is 1.80 bits per heavy atom. The molecule has 154 valence electrons. The number of nitrogens with one attached hydrogen (secondary N) is 1. The van der Waals surface area contributed by atoms with Gasteiger partial charge in [0.05, 0.1) is 32.0 Å². The first kappa shape index (κ1) is 19.9. The van der Waals surface area contributed by atoms with Crippen LogP contribution in [0.25, 0.3) is 10.6 Å². The number of methoxy groups -OCH3 is 2. The fourth-order valence-electron chi connectivity index (χ4n) is 3.45. The molecular weight excluding hydrogens is 402 g/mol. The molecule has 0 bridgehead atoms. The number of thiazole rings is 1. The molecule has 3 amide bonds. The highest BCUT2D eigenvalue weighted by Crippen LogP contribution is 2.34. The highest BCUT2D eigenvalue weighted by Gasteiger charge is 2.49. The van der Waals surface area contributed by atoms with Crippen molar-refractivity contribution in [1.82, 2.24) is 15.2 Å². The zero-order valence-corrected chi connectivity index (χ0v) is 17.7. The molecule has 1 fully saturated rings. The second-order valence-electron chi connectivity index (χ2n) is 7.02. The number of aromatic nitrogens is 1. The second kappa shape index (κ2) is 7.79. The fraction of sp³-hybridized carbons (Fsp3) is 0.227. The van der Waals surface area contributed by atoms with E-state index >= 15 is 0 Å². The lowest BCUT2D eigenvalue weighted by molar-refractivity contribution is -0.131. The van der Waals surface area contributed by atoms with Crippen molar-refractivity contribution in [3.05, 3.63) is 65.2 Å². The van der Waals surface area contributed by atoms with E-state index in [1.807, 2.05) is 29.6 Å². The Hall–Kier alpha value is -3.39. The van der Waals surface area contributed by atoms with Crippen molar-refractivity contribution >= 4 is 23.3 Å². The van der Waals surface area contributed by atoms with Crippen molar-refractivity contribution in [2.45, 2.75) is 19.0 Å². The second-order valence-corrected chi connectivity index (χ2v) is 7.88. The van der Waals surface area contributed by atoms with Gasteiger partial charge >= 0.3 is 6.03 Å². The lowest BCUT2D eigenvalue weighted by Gasteiger charge is -2.22. The fourth-order valence-corrected chi connectivity index (χ4v) is 4.29. The zero-order chi connectivity index (χ0) is 21.3. The molecule has 1 saturated heterocycles.